The Balaban J connectivity index is 2.30. The van der Waals surface area contributed by atoms with Gasteiger partial charge in [-0.1, -0.05) is 12.1 Å². The molecule has 1 heterocycles. The largest absolute Gasteiger partial charge is 0.483 e. The average Bonchev–Trinajstić information content (AvgIpc) is 2.25. The highest BCUT2D eigenvalue weighted by Crippen LogP contribution is 2.31. The molecule has 2 rings (SSSR count). The van der Waals surface area contributed by atoms with Gasteiger partial charge in [-0.15, -0.1) is 0 Å². The minimum atomic E-state index is -0.948. The SMILES string of the molecule is CC1(C)C=Cc2cc(/C=C\C(=O)O)ccc2O1. The van der Waals surface area contributed by atoms with Crippen molar-refractivity contribution >= 4 is 18.1 Å². The molecular formula is C14H14O3. The van der Waals surface area contributed by atoms with Gasteiger partial charge in [0.2, 0.25) is 0 Å². The summed E-state index contributed by atoms with van der Waals surface area (Å²) in [6.07, 6.45) is 6.67. The van der Waals surface area contributed by atoms with E-state index in [1.54, 1.807) is 6.08 Å². The van der Waals surface area contributed by atoms with Crippen molar-refractivity contribution in [1.82, 2.24) is 0 Å². The van der Waals surface area contributed by atoms with Crippen LogP contribution >= 0.6 is 0 Å². The maximum atomic E-state index is 10.4. The summed E-state index contributed by atoms with van der Waals surface area (Å²) in [7, 11) is 0. The van der Waals surface area contributed by atoms with Crippen LogP contribution in [0.2, 0.25) is 0 Å². The number of ether oxygens (including phenoxy) is 1. The number of rotatable bonds is 2. The molecular weight excluding hydrogens is 216 g/mol. The molecule has 3 nitrogen and oxygen atoms in total. The molecule has 1 N–H and O–H groups in total. The zero-order valence-corrected chi connectivity index (χ0v) is 9.81. The fourth-order valence-corrected chi connectivity index (χ4v) is 1.67. The maximum absolute atomic E-state index is 10.4. The number of hydrogen-bond acceptors (Lipinski definition) is 2. The summed E-state index contributed by atoms with van der Waals surface area (Å²) in [4.78, 5) is 10.4. The molecule has 1 aromatic rings. The molecule has 0 aliphatic carbocycles. The molecule has 0 spiro atoms. The van der Waals surface area contributed by atoms with Gasteiger partial charge in [0.1, 0.15) is 11.4 Å². The van der Waals surface area contributed by atoms with Gasteiger partial charge in [-0.25, -0.2) is 4.79 Å². The molecule has 0 atom stereocenters. The Morgan fingerprint density at radius 2 is 2.18 bits per heavy atom. The molecule has 17 heavy (non-hydrogen) atoms. The summed E-state index contributed by atoms with van der Waals surface area (Å²) >= 11 is 0. The van der Waals surface area contributed by atoms with E-state index in [1.807, 2.05) is 44.2 Å². The third-order valence-corrected chi connectivity index (χ3v) is 2.49. The van der Waals surface area contributed by atoms with Crippen molar-refractivity contribution in [3.05, 3.63) is 41.5 Å². The minimum Gasteiger partial charge on any atom is -0.483 e. The number of aliphatic carboxylic acids is 1. The third kappa shape index (κ3) is 2.75. The summed E-state index contributed by atoms with van der Waals surface area (Å²) in [5.74, 6) is -0.124. The number of benzene rings is 1. The first-order chi connectivity index (χ1) is 7.96. The number of carboxylic acid groups (broad SMARTS) is 1. The first-order valence-electron chi connectivity index (χ1n) is 5.40. The second kappa shape index (κ2) is 4.09. The maximum Gasteiger partial charge on any atom is 0.328 e. The number of carbonyl (C=O) groups is 1. The van der Waals surface area contributed by atoms with Gasteiger partial charge in [-0.2, -0.15) is 0 Å². The molecule has 0 bridgehead atoms. The van der Waals surface area contributed by atoms with Crippen molar-refractivity contribution in [3.63, 3.8) is 0 Å². The van der Waals surface area contributed by atoms with Crippen LogP contribution in [-0.2, 0) is 4.79 Å². The van der Waals surface area contributed by atoms with Gasteiger partial charge in [-0.05, 0) is 43.7 Å². The summed E-state index contributed by atoms with van der Waals surface area (Å²) in [5, 5.41) is 8.56. The molecule has 0 saturated carbocycles. The van der Waals surface area contributed by atoms with Crippen molar-refractivity contribution < 1.29 is 14.6 Å². The predicted octanol–water partition coefficient (Wildman–Crippen LogP) is 2.97. The van der Waals surface area contributed by atoms with Crippen LogP contribution in [-0.4, -0.2) is 16.7 Å². The quantitative estimate of drug-likeness (QED) is 0.794. The van der Waals surface area contributed by atoms with Crippen LogP contribution in [0, 0.1) is 0 Å². The van der Waals surface area contributed by atoms with E-state index in [2.05, 4.69) is 0 Å². The van der Waals surface area contributed by atoms with E-state index in [0.717, 1.165) is 23.0 Å². The second-order valence-corrected chi connectivity index (χ2v) is 4.51. The van der Waals surface area contributed by atoms with Crippen molar-refractivity contribution in [3.8, 4) is 5.75 Å². The van der Waals surface area contributed by atoms with Gasteiger partial charge in [0.25, 0.3) is 0 Å². The highest BCUT2D eigenvalue weighted by atomic mass is 16.5. The van der Waals surface area contributed by atoms with Gasteiger partial charge in [0, 0.05) is 11.6 Å². The predicted molar refractivity (Wildman–Crippen MR) is 66.9 cm³/mol. The molecule has 0 aromatic heterocycles. The molecule has 3 heteroatoms. The molecule has 0 amide bonds. The summed E-state index contributed by atoms with van der Waals surface area (Å²) in [6, 6.07) is 5.61. The van der Waals surface area contributed by atoms with Crippen molar-refractivity contribution in [2.24, 2.45) is 0 Å². The standard InChI is InChI=1S/C14H14O3/c1-14(2)8-7-11-9-10(4-6-13(15)16)3-5-12(11)17-14/h3-9H,1-2H3,(H,15,16)/b6-4-. The van der Waals surface area contributed by atoms with Gasteiger partial charge < -0.3 is 9.84 Å². The van der Waals surface area contributed by atoms with E-state index >= 15 is 0 Å². The molecule has 1 aromatic carbocycles. The van der Waals surface area contributed by atoms with E-state index in [4.69, 9.17) is 9.84 Å². The van der Waals surface area contributed by atoms with E-state index in [-0.39, 0.29) is 5.60 Å². The Kier molecular flexibility index (Phi) is 2.76. The van der Waals surface area contributed by atoms with E-state index in [0.29, 0.717) is 0 Å². The monoisotopic (exact) mass is 230 g/mol. The number of hydrogen-bond donors (Lipinski definition) is 1. The number of fused-ring (bicyclic) bond motifs is 1. The Labute approximate surface area is 100 Å². The minimum absolute atomic E-state index is 0.286. The average molecular weight is 230 g/mol. The molecule has 0 fully saturated rings. The highest BCUT2D eigenvalue weighted by molar-refractivity contribution is 5.85. The van der Waals surface area contributed by atoms with Gasteiger partial charge >= 0.3 is 5.97 Å². The number of carboxylic acids is 1. The molecule has 1 aliphatic heterocycles. The smallest absolute Gasteiger partial charge is 0.328 e. The fourth-order valence-electron chi connectivity index (χ4n) is 1.67. The molecule has 0 saturated heterocycles. The van der Waals surface area contributed by atoms with Gasteiger partial charge in [0.05, 0.1) is 0 Å². The van der Waals surface area contributed by atoms with Crippen molar-refractivity contribution in [2.45, 2.75) is 19.4 Å². The zero-order chi connectivity index (χ0) is 12.5. The molecule has 0 unspecified atom stereocenters. The lowest BCUT2D eigenvalue weighted by atomic mass is 10.0. The normalized spacial score (nSPS) is 16.6. The van der Waals surface area contributed by atoms with Crippen LogP contribution in [0.5, 0.6) is 5.75 Å². The van der Waals surface area contributed by atoms with Crippen molar-refractivity contribution in [2.75, 3.05) is 0 Å². The van der Waals surface area contributed by atoms with Crippen LogP contribution in [0.3, 0.4) is 0 Å². The Hall–Kier alpha value is -2.03. The second-order valence-electron chi connectivity index (χ2n) is 4.51. The van der Waals surface area contributed by atoms with E-state index < -0.39 is 5.97 Å². The van der Waals surface area contributed by atoms with E-state index in [1.165, 1.54) is 0 Å². The van der Waals surface area contributed by atoms with Crippen LogP contribution in [0.4, 0.5) is 0 Å². The molecule has 1 aliphatic rings. The summed E-state index contributed by atoms with van der Waals surface area (Å²) < 4.78 is 5.77. The zero-order valence-electron chi connectivity index (χ0n) is 9.81. The van der Waals surface area contributed by atoms with Crippen LogP contribution < -0.4 is 4.74 Å². The van der Waals surface area contributed by atoms with Crippen LogP contribution in [0.1, 0.15) is 25.0 Å². The van der Waals surface area contributed by atoms with Crippen LogP contribution in [0.15, 0.2) is 30.4 Å². The van der Waals surface area contributed by atoms with Gasteiger partial charge in [0.15, 0.2) is 0 Å². The van der Waals surface area contributed by atoms with Crippen molar-refractivity contribution in [1.29, 1.82) is 0 Å². The Morgan fingerprint density at radius 3 is 2.88 bits per heavy atom. The lowest BCUT2D eigenvalue weighted by Gasteiger charge is -2.27. The fraction of sp³-hybridized carbons (Fsp3) is 0.214. The molecule has 0 radical (unpaired) electrons. The first-order valence-corrected chi connectivity index (χ1v) is 5.40. The Bertz CT molecular complexity index is 510. The lowest BCUT2D eigenvalue weighted by molar-refractivity contribution is -0.131. The summed E-state index contributed by atoms with van der Waals surface area (Å²) in [6.45, 7) is 3.98. The lowest BCUT2D eigenvalue weighted by Crippen LogP contribution is -2.27. The molecule has 88 valence electrons. The topological polar surface area (TPSA) is 46.5 Å². The third-order valence-electron chi connectivity index (χ3n) is 2.49. The first kappa shape index (κ1) is 11.5. The van der Waals surface area contributed by atoms with Crippen LogP contribution in [0.25, 0.3) is 12.2 Å². The van der Waals surface area contributed by atoms with Gasteiger partial charge in [-0.3, -0.25) is 0 Å². The summed E-state index contributed by atoms with van der Waals surface area (Å²) in [5.41, 5.74) is 1.53. The highest BCUT2D eigenvalue weighted by Gasteiger charge is 2.21. The Morgan fingerprint density at radius 1 is 1.41 bits per heavy atom. The van der Waals surface area contributed by atoms with E-state index in [9.17, 15) is 4.79 Å².